The Morgan fingerprint density at radius 1 is 1.28 bits per heavy atom. The van der Waals surface area contributed by atoms with Crippen molar-refractivity contribution in [2.24, 2.45) is 0 Å². The van der Waals surface area contributed by atoms with Crippen LogP contribution in [0.2, 0.25) is 0 Å². The van der Waals surface area contributed by atoms with Crippen molar-refractivity contribution in [2.75, 3.05) is 0 Å². The molecule has 0 amide bonds. The summed E-state index contributed by atoms with van der Waals surface area (Å²) in [4.78, 5) is 10.5. The molecule has 0 bridgehead atoms. The topological polar surface area (TPSA) is 35.5 Å². The van der Waals surface area contributed by atoms with Crippen LogP contribution in [0.3, 0.4) is 0 Å². The Morgan fingerprint density at radius 3 is 2.50 bits per heavy atom. The number of para-hydroxylation sites is 1. The third-order valence-electron chi connectivity index (χ3n) is 2.79. The standard InChI is InChI=1S/C15H20O3/c1-4-12(5-2)18-14(6-3)13-9-7-8-10-15(13)17-11-16/h6-12H,4-5H2,1-3H3/b14-6+. The van der Waals surface area contributed by atoms with Gasteiger partial charge in [-0.05, 0) is 38.0 Å². The number of ether oxygens (including phenoxy) is 2. The molecular weight excluding hydrogens is 228 g/mol. The van der Waals surface area contributed by atoms with E-state index in [1.807, 2.05) is 31.2 Å². The minimum atomic E-state index is 0.181. The van der Waals surface area contributed by atoms with Gasteiger partial charge in [-0.2, -0.15) is 0 Å². The van der Waals surface area contributed by atoms with Crippen LogP contribution in [0.15, 0.2) is 30.3 Å². The van der Waals surface area contributed by atoms with Gasteiger partial charge in [-0.15, -0.1) is 0 Å². The lowest BCUT2D eigenvalue weighted by Gasteiger charge is -2.19. The molecule has 0 spiro atoms. The summed E-state index contributed by atoms with van der Waals surface area (Å²) >= 11 is 0. The van der Waals surface area contributed by atoms with Crippen LogP contribution in [-0.2, 0) is 9.53 Å². The summed E-state index contributed by atoms with van der Waals surface area (Å²) in [5.41, 5.74) is 0.805. The number of allylic oxidation sites excluding steroid dienone is 1. The van der Waals surface area contributed by atoms with Crippen molar-refractivity contribution in [2.45, 2.75) is 39.7 Å². The van der Waals surface area contributed by atoms with Gasteiger partial charge in [0.25, 0.3) is 6.47 Å². The van der Waals surface area contributed by atoms with Crippen molar-refractivity contribution in [1.82, 2.24) is 0 Å². The number of hydrogen-bond donors (Lipinski definition) is 0. The van der Waals surface area contributed by atoms with Crippen LogP contribution in [-0.4, -0.2) is 12.6 Å². The number of carbonyl (C=O) groups excluding carboxylic acids is 1. The lowest BCUT2D eigenvalue weighted by Crippen LogP contribution is -2.10. The molecule has 0 N–H and O–H groups in total. The van der Waals surface area contributed by atoms with Crippen LogP contribution in [0.5, 0.6) is 5.75 Å². The Hall–Kier alpha value is -1.77. The van der Waals surface area contributed by atoms with Gasteiger partial charge >= 0.3 is 0 Å². The molecule has 18 heavy (non-hydrogen) atoms. The van der Waals surface area contributed by atoms with Crippen molar-refractivity contribution in [3.05, 3.63) is 35.9 Å². The molecule has 0 saturated carbocycles. The Labute approximate surface area is 108 Å². The molecule has 1 aromatic carbocycles. The van der Waals surface area contributed by atoms with Gasteiger partial charge in [0.05, 0.1) is 11.7 Å². The molecule has 0 atom stereocenters. The van der Waals surface area contributed by atoms with E-state index in [1.54, 1.807) is 6.07 Å². The van der Waals surface area contributed by atoms with Gasteiger partial charge in [0.1, 0.15) is 11.5 Å². The molecule has 0 heterocycles. The van der Waals surface area contributed by atoms with Crippen molar-refractivity contribution in [3.63, 3.8) is 0 Å². The molecule has 0 aromatic heterocycles. The monoisotopic (exact) mass is 248 g/mol. The molecule has 0 aliphatic carbocycles. The Bertz CT molecular complexity index is 406. The lowest BCUT2D eigenvalue weighted by molar-refractivity contribution is -0.120. The molecule has 98 valence electrons. The van der Waals surface area contributed by atoms with Gasteiger partial charge in [-0.25, -0.2) is 0 Å². The van der Waals surface area contributed by atoms with E-state index in [1.165, 1.54) is 0 Å². The van der Waals surface area contributed by atoms with Crippen LogP contribution in [0.1, 0.15) is 39.2 Å². The van der Waals surface area contributed by atoms with Crippen LogP contribution in [0.25, 0.3) is 5.76 Å². The zero-order valence-corrected chi connectivity index (χ0v) is 11.2. The molecule has 1 aromatic rings. The minimum Gasteiger partial charge on any atom is -0.490 e. The third-order valence-corrected chi connectivity index (χ3v) is 2.79. The zero-order valence-electron chi connectivity index (χ0n) is 11.2. The van der Waals surface area contributed by atoms with E-state index in [0.29, 0.717) is 12.2 Å². The summed E-state index contributed by atoms with van der Waals surface area (Å²) < 4.78 is 10.9. The fourth-order valence-corrected chi connectivity index (χ4v) is 1.75. The van der Waals surface area contributed by atoms with Crippen molar-refractivity contribution in [3.8, 4) is 5.75 Å². The molecule has 0 aliphatic rings. The minimum absolute atomic E-state index is 0.181. The second-order valence-electron chi connectivity index (χ2n) is 3.92. The van der Waals surface area contributed by atoms with E-state index < -0.39 is 0 Å². The van der Waals surface area contributed by atoms with Gasteiger partial charge in [0, 0.05) is 0 Å². The van der Waals surface area contributed by atoms with Crippen molar-refractivity contribution >= 4 is 12.2 Å². The Balaban J connectivity index is 2.98. The molecule has 1 rings (SSSR count). The summed E-state index contributed by atoms with van der Waals surface area (Å²) in [6.45, 7) is 6.53. The highest BCUT2D eigenvalue weighted by Gasteiger charge is 2.13. The average molecular weight is 248 g/mol. The quantitative estimate of drug-likeness (QED) is 0.544. The summed E-state index contributed by atoms with van der Waals surface area (Å²) in [6.07, 6.45) is 3.97. The van der Waals surface area contributed by atoms with Crippen LogP contribution in [0.4, 0.5) is 0 Å². The first kappa shape index (κ1) is 14.3. The highest BCUT2D eigenvalue weighted by Crippen LogP contribution is 2.28. The molecule has 0 unspecified atom stereocenters. The van der Waals surface area contributed by atoms with E-state index in [2.05, 4.69) is 13.8 Å². The smallest absolute Gasteiger partial charge is 0.298 e. The first-order valence-electron chi connectivity index (χ1n) is 6.29. The van der Waals surface area contributed by atoms with Crippen LogP contribution in [0, 0.1) is 0 Å². The fourth-order valence-electron chi connectivity index (χ4n) is 1.75. The molecule has 0 radical (unpaired) electrons. The van der Waals surface area contributed by atoms with Gasteiger partial charge in [0.15, 0.2) is 0 Å². The van der Waals surface area contributed by atoms with Crippen molar-refractivity contribution in [1.29, 1.82) is 0 Å². The maximum absolute atomic E-state index is 10.5. The summed E-state index contributed by atoms with van der Waals surface area (Å²) in [6, 6.07) is 7.36. The summed E-state index contributed by atoms with van der Waals surface area (Å²) in [5.74, 6) is 1.27. The average Bonchev–Trinajstić information content (AvgIpc) is 2.42. The highest BCUT2D eigenvalue weighted by atomic mass is 16.5. The van der Waals surface area contributed by atoms with Gasteiger partial charge in [-0.3, -0.25) is 4.79 Å². The Morgan fingerprint density at radius 2 is 1.94 bits per heavy atom. The lowest BCUT2D eigenvalue weighted by atomic mass is 10.1. The zero-order chi connectivity index (χ0) is 13.4. The number of benzene rings is 1. The number of carbonyl (C=O) groups is 1. The van der Waals surface area contributed by atoms with Gasteiger partial charge in [0.2, 0.25) is 0 Å². The van der Waals surface area contributed by atoms with Gasteiger partial charge in [-0.1, -0.05) is 26.0 Å². The predicted molar refractivity (Wildman–Crippen MR) is 72.2 cm³/mol. The van der Waals surface area contributed by atoms with E-state index in [4.69, 9.17) is 9.47 Å². The predicted octanol–water partition coefficient (Wildman–Crippen LogP) is 3.79. The SMILES string of the molecule is C/C=C(/OC(CC)CC)c1ccccc1OC=O. The largest absolute Gasteiger partial charge is 0.490 e. The molecule has 0 aliphatic heterocycles. The van der Waals surface area contributed by atoms with Crippen LogP contribution < -0.4 is 4.74 Å². The first-order valence-corrected chi connectivity index (χ1v) is 6.29. The highest BCUT2D eigenvalue weighted by molar-refractivity contribution is 5.67. The molecule has 3 nitrogen and oxygen atoms in total. The summed E-state index contributed by atoms with van der Waals surface area (Å²) in [7, 11) is 0. The van der Waals surface area contributed by atoms with E-state index in [0.717, 1.165) is 24.2 Å². The van der Waals surface area contributed by atoms with Crippen LogP contribution >= 0.6 is 0 Å². The van der Waals surface area contributed by atoms with E-state index >= 15 is 0 Å². The van der Waals surface area contributed by atoms with E-state index in [9.17, 15) is 4.79 Å². The van der Waals surface area contributed by atoms with E-state index in [-0.39, 0.29) is 6.10 Å². The second-order valence-corrected chi connectivity index (χ2v) is 3.92. The molecule has 3 heteroatoms. The first-order chi connectivity index (χ1) is 8.76. The van der Waals surface area contributed by atoms with Gasteiger partial charge < -0.3 is 9.47 Å². The number of rotatable bonds is 7. The van der Waals surface area contributed by atoms with Crippen molar-refractivity contribution < 1.29 is 14.3 Å². The normalized spacial score (nSPS) is 11.4. The Kier molecular flexibility index (Phi) is 5.98. The molecular formula is C15H20O3. The second kappa shape index (κ2) is 7.54. The molecule has 0 fully saturated rings. The third kappa shape index (κ3) is 3.62. The fraction of sp³-hybridized carbons (Fsp3) is 0.400. The maximum atomic E-state index is 10.5. The summed E-state index contributed by atoms with van der Waals surface area (Å²) in [5, 5.41) is 0. The molecule has 0 saturated heterocycles. The number of hydrogen-bond acceptors (Lipinski definition) is 3. The maximum Gasteiger partial charge on any atom is 0.298 e.